The van der Waals surface area contributed by atoms with E-state index in [1.54, 1.807) is 26.1 Å². The number of anilines is 1. The predicted octanol–water partition coefficient (Wildman–Crippen LogP) is 2.37. The van der Waals surface area contributed by atoms with E-state index < -0.39 is 5.41 Å². The molecule has 2 heterocycles. The second kappa shape index (κ2) is 4.30. The lowest BCUT2D eigenvalue weighted by Gasteiger charge is -2.18. The number of nitrogens with zero attached hydrogens (tertiary/aromatic N) is 2. The van der Waals surface area contributed by atoms with Crippen LogP contribution in [0.4, 0.5) is 5.69 Å². The number of carbonyl (C=O) groups excluding carboxylic acids is 2. The Balaban J connectivity index is 2.02. The summed E-state index contributed by atoms with van der Waals surface area (Å²) in [6.07, 6.45) is 1.91. The third kappa shape index (κ3) is 1.91. The number of H-pyrrole nitrogens is 1. The fourth-order valence-corrected chi connectivity index (χ4v) is 2.44. The van der Waals surface area contributed by atoms with Crippen LogP contribution in [0.5, 0.6) is 0 Å². The number of carbonyl (C=O) groups is 2. The van der Waals surface area contributed by atoms with Crippen molar-refractivity contribution in [3.8, 4) is 11.3 Å². The van der Waals surface area contributed by atoms with Gasteiger partial charge in [0.2, 0.25) is 11.8 Å². The lowest BCUT2D eigenvalue weighted by atomic mass is 9.92. The van der Waals surface area contributed by atoms with Gasteiger partial charge in [-0.25, -0.2) is 0 Å². The van der Waals surface area contributed by atoms with Crippen molar-refractivity contribution in [3.05, 3.63) is 36.5 Å². The smallest absolute Gasteiger partial charge is 0.239 e. The van der Waals surface area contributed by atoms with E-state index in [1.165, 1.54) is 4.90 Å². The quantitative estimate of drug-likeness (QED) is 0.851. The van der Waals surface area contributed by atoms with Crippen LogP contribution in [0, 0.1) is 5.41 Å². The highest BCUT2D eigenvalue weighted by Crippen LogP contribution is 2.36. The molecule has 0 saturated carbocycles. The predicted molar refractivity (Wildman–Crippen MR) is 74.9 cm³/mol. The van der Waals surface area contributed by atoms with E-state index in [0.29, 0.717) is 5.69 Å². The van der Waals surface area contributed by atoms with Gasteiger partial charge in [-0.05, 0) is 18.2 Å². The molecule has 5 heteroatoms. The Morgan fingerprint density at radius 1 is 1.25 bits per heavy atom. The van der Waals surface area contributed by atoms with Gasteiger partial charge in [-0.3, -0.25) is 19.6 Å². The molecule has 1 aromatic heterocycles. The van der Waals surface area contributed by atoms with Crippen LogP contribution in [-0.2, 0) is 9.59 Å². The summed E-state index contributed by atoms with van der Waals surface area (Å²) in [5, 5.41) is 6.78. The number of hydrogen-bond donors (Lipinski definition) is 1. The highest BCUT2D eigenvalue weighted by Gasteiger charge is 2.45. The molecule has 1 saturated heterocycles. The maximum Gasteiger partial charge on any atom is 0.239 e. The Hall–Kier alpha value is -2.43. The first-order valence-corrected chi connectivity index (χ1v) is 6.46. The minimum absolute atomic E-state index is 0.149. The Bertz CT molecular complexity index is 674. The first-order valence-electron chi connectivity index (χ1n) is 6.46. The minimum Gasteiger partial charge on any atom is -0.278 e. The highest BCUT2D eigenvalue weighted by atomic mass is 16.2. The zero-order chi connectivity index (χ0) is 14.3. The van der Waals surface area contributed by atoms with E-state index in [2.05, 4.69) is 10.2 Å². The fourth-order valence-electron chi connectivity index (χ4n) is 2.44. The second-order valence-electron chi connectivity index (χ2n) is 5.62. The number of imide groups is 1. The lowest BCUT2D eigenvalue weighted by Crippen LogP contribution is -2.32. The van der Waals surface area contributed by atoms with Gasteiger partial charge >= 0.3 is 0 Å². The third-order valence-corrected chi connectivity index (χ3v) is 3.54. The van der Waals surface area contributed by atoms with E-state index >= 15 is 0 Å². The van der Waals surface area contributed by atoms with Crippen LogP contribution in [0.3, 0.4) is 0 Å². The topological polar surface area (TPSA) is 66.1 Å². The van der Waals surface area contributed by atoms with Gasteiger partial charge in [0.25, 0.3) is 0 Å². The van der Waals surface area contributed by atoms with Crippen LogP contribution < -0.4 is 4.90 Å². The molecule has 1 fully saturated rings. The van der Waals surface area contributed by atoms with Gasteiger partial charge in [-0.1, -0.05) is 26.0 Å². The van der Waals surface area contributed by atoms with Gasteiger partial charge in [0.05, 0.1) is 16.8 Å². The van der Waals surface area contributed by atoms with Crippen LogP contribution in [0.25, 0.3) is 11.3 Å². The largest absolute Gasteiger partial charge is 0.278 e. The van der Waals surface area contributed by atoms with Crippen LogP contribution in [0.1, 0.15) is 20.3 Å². The summed E-state index contributed by atoms with van der Waals surface area (Å²) in [6.45, 7) is 3.60. The molecule has 0 bridgehead atoms. The Kier molecular flexibility index (Phi) is 2.71. The van der Waals surface area contributed by atoms with Gasteiger partial charge in [0.15, 0.2) is 0 Å². The Labute approximate surface area is 116 Å². The van der Waals surface area contributed by atoms with Crippen LogP contribution >= 0.6 is 0 Å². The van der Waals surface area contributed by atoms with Crippen molar-refractivity contribution in [2.45, 2.75) is 20.3 Å². The molecule has 1 aliphatic heterocycles. The number of amides is 2. The molecule has 5 nitrogen and oxygen atoms in total. The summed E-state index contributed by atoms with van der Waals surface area (Å²) >= 11 is 0. The maximum absolute atomic E-state index is 12.3. The van der Waals surface area contributed by atoms with Crippen molar-refractivity contribution in [1.29, 1.82) is 0 Å². The number of aromatic amines is 1. The molecule has 0 aliphatic carbocycles. The summed E-state index contributed by atoms with van der Waals surface area (Å²) in [4.78, 5) is 25.7. The van der Waals surface area contributed by atoms with Crippen molar-refractivity contribution in [3.63, 3.8) is 0 Å². The van der Waals surface area contributed by atoms with E-state index in [0.717, 1.165) is 11.3 Å². The van der Waals surface area contributed by atoms with E-state index in [9.17, 15) is 9.59 Å². The standard InChI is InChI=1S/C15H15N3O2/c1-15(2)9-13(19)18(14(15)20)11-5-3-4-10(8-11)12-6-7-16-17-12/h3-8H,9H2,1-2H3,(H,16,17). The molecule has 1 aliphatic rings. The van der Waals surface area contributed by atoms with Crippen LogP contribution in [-0.4, -0.2) is 22.0 Å². The Morgan fingerprint density at radius 3 is 2.65 bits per heavy atom. The summed E-state index contributed by atoms with van der Waals surface area (Å²) in [6, 6.07) is 9.18. The fraction of sp³-hybridized carbons (Fsp3) is 0.267. The number of benzene rings is 1. The average molecular weight is 269 g/mol. The molecule has 1 aromatic carbocycles. The minimum atomic E-state index is -0.624. The Morgan fingerprint density at radius 2 is 2.05 bits per heavy atom. The molecule has 102 valence electrons. The molecule has 0 radical (unpaired) electrons. The number of hydrogen-bond acceptors (Lipinski definition) is 3. The van der Waals surface area contributed by atoms with Crippen molar-refractivity contribution < 1.29 is 9.59 Å². The molecule has 2 aromatic rings. The van der Waals surface area contributed by atoms with Crippen molar-refractivity contribution in [1.82, 2.24) is 10.2 Å². The van der Waals surface area contributed by atoms with Crippen LogP contribution in [0.2, 0.25) is 0 Å². The molecule has 0 spiro atoms. The SMILES string of the molecule is CC1(C)CC(=O)N(c2cccc(-c3ccn[nH]3)c2)C1=O. The lowest BCUT2D eigenvalue weighted by molar-refractivity contribution is -0.124. The molecular formula is C15H15N3O2. The zero-order valence-corrected chi connectivity index (χ0v) is 11.4. The summed E-state index contributed by atoms with van der Waals surface area (Å²) < 4.78 is 0. The first kappa shape index (κ1) is 12.6. The van der Waals surface area contributed by atoms with E-state index in [1.807, 2.05) is 24.3 Å². The highest BCUT2D eigenvalue weighted by molar-refractivity contribution is 6.22. The van der Waals surface area contributed by atoms with Crippen LogP contribution in [0.15, 0.2) is 36.5 Å². The van der Waals surface area contributed by atoms with E-state index in [4.69, 9.17) is 0 Å². The van der Waals surface area contributed by atoms with Crippen molar-refractivity contribution in [2.75, 3.05) is 4.90 Å². The molecule has 20 heavy (non-hydrogen) atoms. The molecule has 0 atom stereocenters. The van der Waals surface area contributed by atoms with Crippen molar-refractivity contribution >= 4 is 17.5 Å². The second-order valence-corrected chi connectivity index (χ2v) is 5.62. The van der Waals surface area contributed by atoms with Gasteiger partial charge in [0.1, 0.15) is 0 Å². The van der Waals surface area contributed by atoms with Gasteiger partial charge in [0, 0.05) is 18.2 Å². The summed E-state index contributed by atoms with van der Waals surface area (Å²) in [5.74, 6) is -0.300. The van der Waals surface area contributed by atoms with Crippen molar-refractivity contribution in [2.24, 2.45) is 5.41 Å². The molecule has 0 unspecified atom stereocenters. The number of nitrogens with one attached hydrogen (secondary N) is 1. The number of aromatic nitrogens is 2. The number of rotatable bonds is 2. The zero-order valence-electron chi connectivity index (χ0n) is 11.4. The molecule has 3 rings (SSSR count). The molecule has 2 amide bonds. The first-order chi connectivity index (χ1) is 9.49. The maximum atomic E-state index is 12.3. The van der Waals surface area contributed by atoms with Gasteiger partial charge < -0.3 is 0 Å². The monoisotopic (exact) mass is 269 g/mol. The summed E-state index contributed by atoms with van der Waals surface area (Å²) in [7, 11) is 0. The normalized spacial score (nSPS) is 17.8. The molecular weight excluding hydrogens is 254 g/mol. The molecule has 1 N–H and O–H groups in total. The average Bonchev–Trinajstić information content (AvgIpc) is 2.98. The van der Waals surface area contributed by atoms with Gasteiger partial charge in [-0.2, -0.15) is 5.10 Å². The third-order valence-electron chi connectivity index (χ3n) is 3.54. The van der Waals surface area contributed by atoms with E-state index in [-0.39, 0.29) is 18.2 Å². The summed E-state index contributed by atoms with van der Waals surface area (Å²) in [5.41, 5.74) is 1.73. The van der Waals surface area contributed by atoms with Gasteiger partial charge in [-0.15, -0.1) is 0 Å².